The summed E-state index contributed by atoms with van der Waals surface area (Å²) >= 11 is 0. The molecule has 1 N–H and O–H groups in total. The molecule has 1 aliphatic heterocycles. The quantitative estimate of drug-likeness (QED) is 0.516. The fourth-order valence-electron chi connectivity index (χ4n) is 2.06. The van der Waals surface area contributed by atoms with E-state index < -0.39 is 39.7 Å². The maximum atomic E-state index is 13.4. The molecule has 0 aliphatic carbocycles. The van der Waals surface area contributed by atoms with Crippen LogP contribution in [0.2, 0.25) is 0 Å². The number of anilines is 1. The number of fused-ring (bicyclic) bond motifs is 1. The van der Waals surface area contributed by atoms with Crippen LogP contribution >= 0.6 is 0 Å². The summed E-state index contributed by atoms with van der Waals surface area (Å²) in [6.07, 6.45) is -5.66. The molecule has 1 aromatic rings. The first-order valence-corrected chi connectivity index (χ1v) is 5.68. The van der Waals surface area contributed by atoms with Crippen molar-refractivity contribution in [3.05, 3.63) is 32.1 Å². The van der Waals surface area contributed by atoms with E-state index in [0.29, 0.717) is 6.42 Å². The van der Waals surface area contributed by atoms with E-state index in [2.05, 4.69) is 5.32 Å². The Bertz CT molecular complexity index is 653. The van der Waals surface area contributed by atoms with Gasteiger partial charge in [0.2, 0.25) is 0 Å². The lowest BCUT2D eigenvalue weighted by atomic mass is 10.1. The van der Waals surface area contributed by atoms with Gasteiger partial charge in [0.1, 0.15) is 5.56 Å². The highest BCUT2D eigenvalue weighted by molar-refractivity contribution is 5.63. The SMILES string of the molecule is O=c1cc(C(F)(F)C(F)(F)F)c([N+](=O)[O-])c2n1CCCN2. The predicted molar refractivity (Wildman–Crippen MR) is 60.4 cm³/mol. The summed E-state index contributed by atoms with van der Waals surface area (Å²) in [5.41, 5.74) is -4.54. The Labute approximate surface area is 113 Å². The number of alkyl halides is 5. The Hall–Kier alpha value is -2.20. The van der Waals surface area contributed by atoms with Crippen LogP contribution in [0.15, 0.2) is 10.9 Å². The van der Waals surface area contributed by atoms with E-state index in [0.717, 1.165) is 4.57 Å². The lowest BCUT2D eigenvalue weighted by Crippen LogP contribution is -2.38. The van der Waals surface area contributed by atoms with Gasteiger partial charge in [0.05, 0.1) is 4.92 Å². The molecule has 0 radical (unpaired) electrons. The molecule has 0 atom stereocenters. The second-order valence-corrected chi connectivity index (χ2v) is 4.35. The van der Waals surface area contributed by atoms with Gasteiger partial charge in [-0.1, -0.05) is 0 Å². The Morgan fingerprint density at radius 2 is 1.90 bits per heavy atom. The Morgan fingerprint density at radius 3 is 2.43 bits per heavy atom. The fraction of sp³-hybridized carbons (Fsp3) is 0.500. The van der Waals surface area contributed by atoms with Crippen molar-refractivity contribution in [1.82, 2.24) is 4.57 Å². The molecule has 0 unspecified atom stereocenters. The first-order valence-electron chi connectivity index (χ1n) is 5.68. The largest absolute Gasteiger partial charge is 0.458 e. The van der Waals surface area contributed by atoms with Crippen LogP contribution in [-0.4, -0.2) is 22.2 Å². The molecule has 11 heteroatoms. The predicted octanol–water partition coefficient (Wildman–Crippen LogP) is 2.23. The number of aromatic nitrogens is 1. The Morgan fingerprint density at radius 1 is 1.29 bits per heavy atom. The van der Waals surface area contributed by atoms with Crippen molar-refractivity contribution in [1.29, 1.82) is 0 Å². The van der Waals surface area contributed by atoms with Gasteiger partial charge in [-0.2, -0.15) is 22.0 Å². The van der Waals surface area contributed by atoms with Crippen LogP contribution in [0, 0.1) is 10.1 Å². The summed E-state index contributed by atoms with van der Waals surface area (Å²) in [5, 5.41) is 13.3. The van der Waals surface area contributed by atoms with Crippen molar-refractivity contribution in [2.24, 2.45) is 0 Å². The summed E-state index contributed by atoms with van der Waals surface area (Å²) < 4.78 is 64.9. The molecule has 116 valence electrons. The van der Waals surface area contributed by atoms with Crippen LogP contribution in [0.25, 0.3) is 0 Å². The summed E-state index contributed by atoms with van der Waals surface area (Å²) in [5.74, 6) is -6.12. The third-order valence-electron chi connectivity index (χ3n) is 3.01. The van der Waals surface area contributed by atoms with Gasteiger partial charge >= 0.3 is 17.8 Å². The summed E-state index contributed by atoms with van der Waals surface area (Å²) in [6, 6.07) is -0.0257. The van der Waals surface area contributed by atoms with E-state index in [4.69, 9.17) is 0 Å². The second kappa shape index (κ2) is 4.67. The number of nitrogens with zero attached hydrogens (tertiary/aromatic N) is 2. The van der Waals surface area contributed by atoms with Crippen molar-refractivity contribution >= 4 is 11.5 Å². The molecule has 21 heavy (non-hydrogen) atoms. The number of nitro groups is 1. The van der Waals surface area contributed by atoms with E-state index in [1.807, 2.05) is 0 Å². The van der Waals surface area contributed by atoms with Crippen LogP contribution < -0.4 is 10.9 Å². The molecular formula is C10H8F5N3O3. The maximum Gasteiger partial charge on any atom is 0.458 e. The second-order valence-electron chi connectivity index (χ2n) is 4.35. The minimum absolute atomic E-state index is 0.000123. The monoisotopic (exact) mass is 313 g/mol. The van der Waals surface area contributed by atoms with Gasteiger partial charge in [0.25, 0.3) is 5.56 Å². The van der Waals surface area contributed by atoms with Crippen LogP contribution in [0.3, 0.4) is 0 Å². The summed E-state index contributed by atoms with van der Waals surface area (Å²) in [6.45, 7) is 0.126. The van der Waals surface area contributed by atoms with Crippen molar-refractivity contribution in [2.45, 2.75) is 25.1 Å². The molecule has 0 saturated carbocycles. The number of rotatable bonds is 2. The van der Waals surface area contributed by atoms with E-state index in [9.17, 15) is 36.9 Å². The van der Waals surface area contributed by atoms with E-state index in [1.54, 1.807) is 0 Å². The van der Waals surface area contributed by atoms with Gasteiger partial charge in [-0.25, -0.2) is 0 Å². The number of halogens is 5. The molecule has 2 rings (SSSR count). The number of hydrogen-bond donors (Lipinski definition) is 1. The molecule has 0 saturated heterocycles. The maximum absolute atomic E-state index is 13.4. The summed E-state index contributed by atoms with van der Waals surface area (Å²) in [7, 11) is 0. The van der Waals surface area contributed by atoms with Crippen LogP contribution in [0.4, 0.5) is 33.5 Å². The zero-order valence-electron chi connectivity index (χ0n) is 10.2. The molecule has 1 aliphatic rings. The van der Waals surface area contributed by atoms with Crippen molar-refractivity contribution in [3.8, 4) is 0 Å². The highest BCUT2D eigenvalue weighted by atomic mass is 19.4. The number of hydrogen-bond acceptors (Lipinski definition) is 4. The molecular weight excluding hydrogens is 305 g/mol. The highest BCUT2D eigenvalue weighted by Gasteiger charge is 2.62. The lowest BCUT2D eigenvalue weighted by molar-refractivity contribution is -0.389. The zero-order valence-corrected chi connectivity index (χ0v) is 10.2. The third-order valence-corrected chi connectivity index (χ3v) is 3.01. The summed E-state index contributed by atoms with van der Waals surface area (Å²) in [4.78, 5) is 21.2. The van der Waals surface area contributed by atoms with Crippen molar-refractivity contribution < 1.29 is 26.9 Å². The molecule has 0 amide bonds. The Kier molecular flexibility index (Phi) is 3.38. The molecule has 0 fully saturated rings. The smallest absolute Gasteiger partial charge is 0.366 e. The van der Waals surface area contributed by atoms with Gasteiger partial charge in [-0.3, -0.25) is 19.5 Å². The topological polar surface area (TPSA) is 77.2 Å². The molecule has 0 aromatic carbocycles. The molecule has 0 bridgehead atoms. The van der Waals surface area contributed by atoms with Gasteiger partial charge in [0, 0.05) is 19.2 Å². The Balaban J connectivity index is 2.82. The normalized spacial score (nSPS) is 15.3. The highest BCUT2D eigenvalue weighted by Crippen LogP contribution is 2.48. The first kappa shape index (κ1) is 15.2. The average molecular weight is 313 g/mol. The zero-order chi connectivity index (χ0) is 16.0. The fourth-order valence-corrected chi connectivity index (χ4v) is 2.06. The molecule has 6 nitrogen and oxygen atoms in total. The minimum Gasteiger partial charge on any atom is -0.366 e. The van der Waals surface area contributed by atoms with Gasteiger partial charge < -0.3 is 5.32 Å². The molecule has 1 aromatic heterocycles. The van der Waals surface area contributed by atoms with E-state index >= 15 is 0 Å². The van der Waals surface area contributed by atoms with Crippen LogP contribution in [-0.2, 0) is 12.5 Å². The van der Waals surface area contributed by atoms with E-state index in [1.165, 1.54) is 0 Å². The van der Waals surface area contributed by atoms with Crippen molar-refractivity contribution in [2.75, 3.05) is 11.9 Å². The van der Waals surface area contributed by atoms with Crippen LogP contribution in [0.5, 0.6) is 0 Å². The number of nitrogens with one attached hydrogen (secondary N) is 1. The average Bonchev–Trinajstić information content (AvgIpc) is 2.36. The van der Waals surface area contributed by atoms with Gasteiger partial charge in [-0.15, -0.1) is 0 Å². The van der Waals surface area contributed by atoms with Crippen molar-refractivity contribution in [3.63, 3.8) is 0 Å². The first-order chi connectivity index (χ1) is 9.57. The number of pyridine rings is 1. The van der Waals surface area contributed by atoms with Gasteiger partial charge in [0.15, 0.2) is 5.82 Å². The van der Waals surface area contributed by atoms with Crippen LogP contribution in [0.1, 0.15) is 12.0 Å². The molecule has 0 spiro atoms. The third kappa shape index (κ3) is 2.32. The van der Waals surface area contributed by atoms with Gasteiger partial charge in [-0.05, 0) is 6.42 Å². The minimum atomic E-state index is -6.04. The standard InChI is InChI=1S/C10H8F5N3O3/c11-9(12,10(13,14)15)5-4-6(19)17-3-1-2-16-8(17)7(5)18(20)21/h4,16H,1-3H2. The van der Waals surface area contributed by atoms with E-state index in [-0.39, 0.29) is 19.2 Å². The molecule has 2 heterocycles. The lowest BCUT2D eigenvalue weighted by Gasteiger charge is -2.24.